The van der Waals surface area contributed by atoms with Crippen LogP contribution in [0.1, 0.15) is 54.9 Å². The summed E-state index contributed by atoms with van der Waals surface area (Å²) in [6.07, 6.45) is -8.10. The van der Waals surface area contributed by atoms with Crippen molar-refractivity contribution >= 4 is 0 Å². The fourth-order valence-corrected chi connectivity index (χ4v) is 4.45. The van der Waals surface area contributed by atoms with Gasteiger partial charge in [0.05, 0.1) is 22.6 Å². The van der Waals surface area contributed by atoms with Crippen LogP contribution < -0.4 is 0 Å². The Morgan fingerprint density at radius 2 is 1.58 bits per heavy atom. The van der Waals surface area contributed by atoms with Crippen molar-refractivity contribution in [1.82, 2.24) is 4.90 Å². The second-order valence-corrected chi connectivity index (χ2v) is 8.57. The molecule has 0 heterocycles. The number of nitrogens with zero attached hydrogens (tertiary/aromatic N) is 2. The first-order valence-corrected chi connectivity index (χ1v) is 11.0. The molecule has 1 aliphatic carbocycles. The van der Waals surface area contributed by atoms with Crippen molar-refractivity contribution in [2.45, 2.75) is 56.9 Å². The molecule has 0 saturated heterocycles. The van der Waals surface area contributed by atoms with Gasteiger partial charge in [-0.05, 0) is 68.0 Å². The molecule has 0 aliphatic heterocycles. The Morgan fingerprint density at radius 3 is 2.09 bits per heavy atom. The van der Waals surface area contributed by atoms with Crippen LogP contribution in [0.25, 0.3) is 0 Å². The molecule has 3 rings (SSSR count). The van der Waals surface area contributed by atoms with Crippen LogP contribution in [0.3, 0.4) is 0 Å². The predicted molar refractivity (Wildman–Crippen MR) is 113 cm³/mol. The highest BCUT2D eigenvalue weighted by Crippen LogP contribution is 2.51. The van der Waals surface area contributed by atoms with Crippen molar-refractivity contribution in [2.75, 3.05) is 13.1 Å². The molecule has 1 unspecified atom stereocenters. The molecule has 2 aromatic carbocycles. The molecule has 0 N–H and O–H groups in total. The molecule has 0 radical (unpaired) electrons. The number of nitriles is 1. The van der Waals surface area contributed by atoms with Crippen LogP contribution in [0, 0.1) is 17.2 Å². The lowest BCUT2D eigenvalue weighted by Gasteiger charge is -2.30. The van der Waals surface area contributed by atoms with Crippen molar-refractivity contribution in [2.24, 2.45) is 5.92 Å². The Morgan fingerprint density at radius 1 is 0.939 bits per heavy atom. The Balaban J connectivity index is 1.84. The third-order valence-electron chi connectivity index (χ3n) is 6.36. The second kappa shape index (κ2) is 9.76. The lowest BCUT2D eigenvalue weighted by molar-refractivity contribution is -0.162. The summed E-state index contributed by atoms with van der Waals surface area (Å²) < 4.78 is 80.1. The maximum Gasteiger partial charge on any atom is 0.417 e. The highest BCUT2D eigenvalue weighted by atomic mass is 19.4. The van der Waals surface area contributed by atoms with Crippen molar-refractivity contribution in [3.63, 3.8) is 0 Å². The Bertz CT molecular complexity index is 973. The monoisotopic (exact) mass is 468 g/mol. The van der Waals surface area contributed by atoms with Crippen LogP contribution in [0.4, 0.5) is 26.3 Å². The number of rotatable bonds is 9. The molecule has 2 nitrogen and oxygen atoms in total. The average Bonchev–Trinajstić information content (AvgIpc) is 3.61. The van der Waals surface area contributed by atoms with Crippen LogP contribution in [-0.4, -0.2) is 18.0 Å². The molecule has 0 spiro atoms. The minimum Gasteiger partial charge on any atom is -0.299 e. The van der Waals surface area contributed by atoms with Crippen molar-refractivity contribution in [3.05, 3.63) is 70.8 Å². The highest BCUT2D eigenvalue weighted by Gasteiger charge is 2.49. The first-order chi connectivity index (χ1) is 15.5. The standard InChI is InChI=1S/C25H26F6N2/c1-2-33(16-18-7-4-3-5-8-18)14-6-13-23(17-32,19-9-10-19)20-11-12-21(24(26,27)28)22(15-20)25(29,30)31/h3-5,7-8,11-12,15,19H,2,6,9-10,13-14,16H2,1H3. The smallest absolute Gasteiger partial charge is 0.299 e. The molecule has 1 aliphatic rings. The number of hydrogen-bond acceptors (Lipinski definition) is 2. The molecule has 1 saturated carbocycles. The fraction of sp³-hybridized carbons (Fsp3) is 0.480. The molecule has 178 valence electrons. The molecular formula is C25H26F6N2. The zero-order chi connectivity index (χ0) is 24.3. The van der Waals surface area contributed by atoms with Crippen molar-refractivity contribution < 1.29 is 26.3 Å². The molecule has 33 heavy (non-hydrogen) atoms. The summed E-state index contributed by atoms with van der Waals surface area (Å²) in [6.45, 7) is 4.11. The van der Waals surface area contributed by atoms with E-state index in [-0.39, 0.29) is 11.5 Å². The van der Waals surface area contributed by atoms with Crippen LogP contribution in [0.5, 0.6) is 0 Å². The topological polar surface area (TPSA) is 27.0 Å². The summed E-state index contributed by atoms with van der Waals surface area (Å²) in [5, 5.41) is 10.1. The van der Waals surface area contributed by atoms with E-state index in [4.69, 9.17) is 0 Å². The van der Waals surface area contributed by atoms with Gasteiger partial charge in [-0.2, -0.15) is 31.6 Å². The first-order valence-electron chi connectivity index (χ1n) is 11.0. The first kappa shape index (κ1) is 25.1. The van der Waals surface area contributed by atoms with Crippen molar-refractivity contribution in [1.29, 1.82) is 5.26 Å². The van der Waals surface area contributed by atoms with E-state index >= 15 is 0 Å². The number of alkyl halides is 6. The van der Waals surface area contributed by atoms with E-state index in [0.29, 0.717) is 50.9 Å². The molecule has 0 aromatic heterocycles. The largest absolute Gasteiger partial charge is 0.417 e. The summed E-state index contributed by atoms with van der Waals surface area (Å²) in [7, 11) is 0. The van der Waals surface area contributed by atoms with Gasteiger partial charge in [-0.3, -0.25) is 4.90 Å². The Kier molecular flexibility index (Phi) is 7.42. The predicted octanol–water partition coefficient (Wildman–Crippen LogP) is 7.20. The fourth-order valence-electron chi connectivity index (χ4n) is 4.45. The van der Waals surface area contributed by atoms with E-state index in [9.17, 15) is 31.6 Å². The van der Waals surface area contributed by atoms with Crippen LogP contribution in [-0.2, 0) is 24.3 Å². The van der Waals surface area contributed by atoms with Gasteiger partial charge in [0.15, 0.2) is 0 Å². The zero-order valence-corrected chi connectivity index (χ0v) is 18.3. The maximum absolute atomic E-state index is 13.5. The van der Waals surface area contributed by atoms with Gasteiger partial charge in [0.2, 0.25) is 0 Å². The minimum atomic E-state index is -5.17. The molecule has 0 bridgehead atoms. The van der Waals surface area contributed by atoms with Gasteiger partial charge >= 0.3 is 12.4 Å². The summed E-state index contributed by atoms with van der Waals surface area (Å²) in [6, 6.07) is 14.1. The van der Waals surface area contributed by atoms with Gasteiger partial charge in [0.1, 0.15) is 0 Å². The number of benzene rings is 2. The molecule has 8 heteroatoms. The van der Waals surface area contributed by atoms with E-state index in [0.717, 1.165) is 18.2 Å². The van der Waals surface area contributed by atoms with Crippen LogP contribution in [0.15, 0.2) is 48.5 Å². The lowest BCUT2D eigenvalue weighted by Crippen LogP contribution is -2.31. The van der Waals surface area contributed by atoms with Gasteiger partial charge in [-0.1, -0.05) is 43.3 Å². The van der Waals surface area contributed by atoms with E-state index in [1.165, 1.54) is 0 Å². The number of halogens is 6. The SMILES string of the molecule is CCN(CCCC(C#N)(c1ccc(C(F)(F)F)c(C(F)(F)F)c1)C1CC1)Cc1ccccc1. The van der Waals surface area contributed by atoms with Crippen LogP contribution in [0.2, 0.25) is 0 Å². The Hall–Kier alpha value is -2.53. The van der Waals surface area contributed by atoms with E-state index in [2.05, 4.69) is 11.0 Å². The van der Waals surface area contributed by atoms with Gasteiger partial charge in [-0.25, -0.2) is 0 Å². The minimum absolute atomic E-state index is 0.0268. The van der Waals surface area contributed by atoms with Gasteiger partial charge < -0.3 is 0 Å². The Labute approximate surface area is 189 Å². The van der Waals surface area contributed by atoms with Crippen LogP contribution >= 0.6 is 0 Å². The van der Waals surface area contributed by atoms with E-state index in [1.54, 1.807) is 0 Å². The maximum atomic E-state index is 13.5. The number of hydrogen-bond donors (Lipinski definition) is 0. The van der Waals surface area contributed by atoms with E-state index < -0.39 is 28.9 Å². The quantitative estimate of drug-likeness (QED) is 0.364. The zero-order valence-electron chi connectivity index (χ0n) is 18.3. The molecule has 1 atom stereocenters. The van der Waals surface area contributed by atoms with Gasteiger partial charge in [-0.15, -0.1) is 0 Å². The third-order valence-corrected chi connectivity index (χ3v) is 6.36. The lowest BCUT2D eigenvalue weighted by atomic mass is 9.73. The molecule has 0 amide bonds. The van der Waals surface area contributed by atoms with Crippen molar-refractivity contribution in [3.8, 4) is 6.07 Å². The third kappa shape index (κ3) is 5.89. The van der Waals surface area contributed by atoms with E-state index in [1.807, 2.05) is 37.3 Å². The van der Waals surface area contributed by atoms with Gasteiger partial charge in [0, 0.05) is 6.54 Å². The normalized spacial score (nSPS) is 16.5. The average molecular weight is 468 g/mol. The van der Waals surface area contributed by atoms with Gasteiger partial charge in [0.25, 0.3) is 0 Å². The molecule has 1 fully saturated rings. The molecule has 2 aromatic rings. The second-order valence-electron chi connectivity index (χ2n) is 8.57. The summed E-state index contributed by atoms with van der Waals surface area (Å²) in [5.41, 5.74) is -3.52. The summed E-state index contributed by atoms with van der Waals surface area (Å²) >= 11 is 0. The highest BCUT2D eigenvalue weighted by molar-refractivity contribution is 5.43. The summed E-state index contributed by atoms with van der Waals surface area (Å²) in [5.74, 6) is -0.149. The molecular weight excluding hydrogens is 442 g/mol. The summed E-state index contributed by atoms with van der Waals surface area (Å²) in [4.78, 5) is 2.18.